The number of para-hydroxylation sites is 1. The molecule has 146 valence electrons. The van der Waals surface area contributed by atoms with E-state index in [1.165, 1.54) is 36.3 Å². The molecule has 1 N–H and O–H groups in total. The van der Waals surface area contributed by atoms with Crippen LogP contribution in [0.25, 0.3) is 5.57 Å². The fourth-order valence-electron chi connectivity index (χ4n) is 3.04. The lowest BCUT2D eigenvalue weighted by molar-refractivity contribution is -0.137. The summed E-state index contributed by atoms with van der Waals surface area (Å²) in [5.74, 6) is -0.753. The number of anilines is 1. The fraction of sp³-hybridized carbons (Fsp3) is 0.238. The van der Waals surface area contributed by atoms with Gasteiger partial charge in [0.15, 0.2) is 0 Å². The van der Waals surface area contributed by atoms with E-state index in [1.807, 2.05) is 0 Å². The first kappa shape index (κ1) is 19.6. The van der Waals surface area contributed by atoms with Crippen molar-refractivity contribution in [3.05, 3.63) is 65.6 Å². The van der Waals surface area contributed by atoms with Crippen molar-refractivity contribution in [1.82, 2.24) is 4.90 Å². The molecule has 2 amide bonds. The van der Waals surface area contributed by atoms with Crippen molar-refractivity contribution in [1.29, 1.82) is 0 Å². The maximum absolute atomic E-state index is 13.2. The number of methoxy groups -OCH3 is 2. The van der Waals surface area contributed by atoms with Crippen LogP contribution in [0.4, 0.5) is 10.1 Å². The Hall–Kier alpha value is -3.19. The van der Waals surface area contributed by atoms with Crippen LogP contribution in [-0.4, -0.2) is 44.1 Å². The van der Waals surface area contributed by atoms with Crippen LogP contribution in [0.3, 0.4) is 0 Å². The molecule has 0 fully saturated rings. The second-order valence-electron chi connectivity index (χ2n) is 6.19. The molecule has 6 nitrogen and oxygen atoms in total. The summed E-state index contributed by atoms with van der Waals surface area (Å²) >= 11 is 0. The molecular formula is C21H21FN2O4. The Labute approximate surface area is 162 Å². The molecule has 0 saturated heterocycles. The van der Waals surface area contributed by atoms with Crippen LogP contribution in [0.15, 0.2) is 54.2 Å². The van der Waals surface area contributed by atoms with E-state index in [1.54, 1.807) is 31.4 Å². The van der Waals surface area contributed by atoms with Crippen LogP contribution in [0.5, 0.6) is 5.75 Å². The Morgan fingerprint density at radius 1 is 1.00 bits per heavy atom. The number of halogens is 1. The van der Waals surface area contributed by atoms with Crippen LogP contribution >= 0.6 is 0 Å². The van der Waals surface area contributed by atoms with Gasteiger partial charge >= 0.3 is 0 Å². The van der Waals surface area contributed by atoms with Gasteiger partial charge in [-0.05, 0) is 36.8 Å². The van der Waals surface area contributed by atoms with E-state index in [-0.39, 0.29) is 23.6 Å². The predicted molar refractivity (Wildman–Crippen MR) is 103 cm³/mol. The van der Waals surface area contributed by atoms with Gasteiger partial charge in [0, 0.05) is 31.5 Å². The molecule has 0 radical (unpaired) electrons. The molecule has 0 bridgehead atoms. The fourth-order valence-corrected chi connectivity index (χ4v) is 3.04. The van der Waals surface area contributed by atoms with Gasteiger partial charge in [-0.3, -0.25) is 14.5 Å². The normalized spacial score (nSPS) is 14.0. The van der Waals surface area contributed by atoms with Crippen LogP contribution in [0.1, 0.15) is 12.0 Å². The molecule has 0 aliphatic carbocycles. The summed E-state index contributed by atoms with van der Waals surface area (Å²) in [4.78, 5) is 27.3. The second-order valence-corrected chi connectivity index (χ2v) is 6.19. The maximum Gasteiger partial charge on any atom is 0.278 e. The molecule has 0 unspecified atom stereocenters. The molecule has 1 heterocycles. The second kappa shape index (κ2) is 8.67. The number of nitrogens with one attached hydrogen (secondary N) is 1. The summed E-state index contributed by atoms with van der Waals surface area (Å²) in [6.07, 6.45) is 0.525. The highest BCUT2D eigenvalue weighted by molar-refractivity contribution is 6.37. The lowest BCUT2D eigenvalue weighted by Crippen LogP contribution is -2.33. The zero-order chi connectivity index (χ0) is 20.1. The molecule has 1 aliphatic rings. The largest absolute Gasteiger partial charge is 0.496 e. The Balaban J connectivity index is 2.03. The van der Waals surface area contributed by atoms with Gasteiger partial charge in [0.2, 0.25) is 0 Å². The lowest BCUT2D eigenvalue weighted by Gasteiger charge is -2.15. The van der Waals surface area contributed by atoms with Crippen molar-refractivity contribution in [3.63, 3.8) is 0 Å². The van der Waals surface area contributed by atoms with Gasteiger partial charge in [0.1, 0.15) is 17.3 Å². The highest BCUT2D eigenvalue weighted by Crippen LogP contribution is 2.35. The van der Waals surface area contributed by atoms with Gasteiger partial charge in [0.05, 0.1) is 12.7 Å². The number of imide groups is 1. The summed E-state index contributed by atoms with van der Waals surface area (Å²) in [7, 11) is 3.07. The third-order valence-electron chi connectivity index (χ3n) is 4.39. The molecule has 2 aromatic rings. The average molecular weight is 384 g/mol. The summed E-state index contributed by atoms with van der Waals surface area (Å²) in [6.45, 7) is 0.667. The quantitative estimate of drug-likeness (QED) is 0.560. The van der Waals surface area contributed by atoms with E-state index >= 15 is 0 Å². The summed E-state index contributed by atoms with van der Waals surface area (Å²) < 4.78 is 23.6. The van der Waals surface area contributed by atoms with E-state index in [0.29, 0.717) is 30.0 Å². The van der Waals surface area contributed by atoms with Gasteiger partial charge in [-0.15, -0.1) is 0 Å². The SMILES string of the molecule is COCCCN1C(=O)C(Nc2ccc(F)cc2)=C(c2ccccc2OC)C1=O. The number of benzene rings is 2. The van der Waals surface area contributed by atoms with Crippen molar-refractivity contribution in [2.24, 2.45) is 0 Å². The standard InChI is InChI=1S/C21H21FN2O4/c1-27-13-5-12-24-20(25)18(16-6-3-4-7-17(16)28-2)19(21(24)26)23-15-10-8-14(22)9-11-15/h3-4,6-11,23H,5,12-13H2,1-2H3. The van der Waals surface area contributed by atoms with Crippen molar-refractivity contribution in [2.45, 2.75) is 6.42 Å². The monoisotopic (exact) mass is 384 g/mol. The summed E-state index contributed by atoms with van der Waals surface area (Å²) in [5.41, 5.74) is 1.38. The number of hydrogen-bond acceptors (Lipinski definition) is 5. The Kier molecular flexibility index (Phi) is 6.06. The summed E-state index contributed by atoms with van der Waals surface area (Å²) in [6, 6.07) is 12.6. The topological polar surface area (TPSA) is 67.9 Å². The number of ether oxygens (including phenoxy) is 2. The molecule has 0 saturated carbocycles. The molecule has 1 aliphatic heterocycles. The molecule has 28 heavy (non-hydrogen) atoms. The molecule has 0 atom stereocenters. The van der Waals surface area contributed by atoms with E-state index in [2.05, 4.69) is 5.32 Å². The Bertz CT molecular complexity index is 909. The third kappa shape index (κ3) is 3.89. The Morgan fingerprint density at radius 3 is 2.39 bits per heavy atom. The van der Waals surface area contributed by atoms with Gasteiger partial charge in [-0.1, -0.05) is 18.2 Å². The van der Waals surface area contributed by atoms with Gasteiger partial charge in [0.25, 0.3) is 11.8 Å². The van der Waals surface area contributed by atoms with Crippen LogP contribution in [0, 0.1) is 5.82 Å². The Morgan fingerprint density at radius 2 is 1.71 bits per heavy atom. The van der Waals surface area contributed by atoms with Gasteiger partial charge < -0.3 is 14.8 Å². The summed E-state index contributed by atoms with van der Waals surface area (Å²) in [5, 5.41) is 2.98. The van der Waals surface area contributed by atoms with Gasteiger partial charge in [-0.25, -0.2) is 4.39 Å². The molecule has 0 spiro atoms. The first-order valence-corrected chi connectivity index (χ1v) is 8.82. The lowest BCUT2D eigenvalue weighted by atomic mass is 10.0. The zero-order valence-electron chi connectivity index (χ0n) is 15.7. The number of carbonyl (C=O) groups is 2. The minimum Gasteiger partial charge on any atom is -0.496 e. The molecule has 7 heteroatoms. The number of carbonyl (C=O) groups excluding carboxylic acids is 2. The first-order chi connectivity index (χ1) is 13.6. The number of amides is 2. The van der Waals surface area contributed by atoms with Crippen molar-refractivity contribution >= 4 is 23.1 Å². The minimum absolute atomic E-state index is 0.138. The highest BCUT2D eigenvalue weighted by Gasteiger charge is 2.39. The van der Waals surface area contributed by atoms with E-state index in [0.717, 1.165) is 0 Å². The highest BCUT2D eigenvalue weighted by atomic mass is 19.1. The van der Waals surface area contributed by atoms with Crippen molar-refractivity contribution in [3.8, 4) is 5.75 Å². The predicted octanol–water partition coefficient (Wildman–Crippen LogP) is 3.06. The number of rotatable bonds is 8. The smallest absolute Gasteiger partial charge is 0.278 e. The van der Waals surface area contributed by atoms with E-state index in [4.69, 9.17) is 9.47 Å². The average Bonchev–Trinajstić information content (AvgIpc) is 2.94. The zero-order valence-corrected chi connectivity index (χ0v) is 15.7. The van der Waals surface area contributed by atoms with Crippen LogP contribution in [0.2, 0.25) is 0 Å². The van der Waals surface area contributed by atoms with E-state index in [9.17, 15) is 14.0 Å². The molecule has 0 aromatic heterocycles. The maximum atomic E-state index is 13.2. The number of hydrogen-bond donors (Lipinski definition) is 1. The molecule has 2 aromatic carbocycles. The first-order valence-electron chi connectivity index (χ1n) is 8.82. The van der Waals surface area contributed by atoms with Crippen molar-refractivity contribution in [2.75, 3.05) is 32.7 Å². The minimum atomic E-state index is -0.439. The molecule has 3 rings (SSSR count). The third-order valence-corrected chi connectivity index (χ3v) is 4.39. The van der Waals surface area contributed by atoms with Crippen LogP contribution in [-0.2, 0) is 14.3 Å². The van der Waals surface area contributed by atoms with Gasteiger partial charge in [-0.2, -0.15) is 0 Å². The van der Waals surface area contributed by atoms with E-state index < -0.39 is 11.8 Å². The number of nitrogens with zero attached hydrogens (tertiary/aromatic N) is 1. The van der Waals surface area contributed by atoms with Crippen LogP contribution < -0.4 is 10.1 Å². The van der Waals surface area contributed by atoms with Crippen molar-refractivity contribution < 1.29 is 23.5 Å². The molecular weight excluding hydrogens is 363 g/mol.